The SMILES string of the molecule is CC(C)(C)OC(=O)C[C@H](O)C[C@H](O)/C=C/c1c(C2CC2)nc2ccccc2c1-c1ccc(F)cc1. The van der Waals surface area contributed by atoms with E-state index in [2.05, 4.69) is 0 Å². The number of pyridine rings is 1. The molecule has 4 rings (SSSR count). The smallest absolute Gasteiger partial charge is 0.308 e. The Kier molecular flexibility index (Phi) is 7.33. The molecule has 6 heteroatoms. The van der Waals surface area contributed by atoms with Crippen LogP contribution in [0.3, 0.4) is 0 Å². The summed E-state index contributed by atoms with van der Waals surface area (Å²) in [5.74, 6) is -0.469. The quantitative estimate of drug-likeness (QED) is 0.402. The number of carbonyl (C=O) groups is 1. The lowest BCUT2D eigenvalue weighted by Crippen LogP contribution is -2.27. The summed E-state index contributed by atoms with van der Waals surface area (Å²) >= 11 is 0. The minimum absolute atomic E-state index is 0.00139. The molecule has 35 heavy (non-hydrogen) atoms. The van der Waals surface area contributed by atoms with Gasteiger partial charge in [0.15, 0.2) is 0 Å². The van der Waals surface area contributed by atoms with Gasteiger partial charge in [-0.3, -0.25) is 9.78 Å². The summed E-state index contributed by atoms with van der Waals surface area (Å²) in [4.78, 5) is 16.9. The van der Waals surface area contributed by atoms with Crippen LogP contribution in [0.2, 0.25) is 0 Å². The number of para-hydroxylation sites is 1. The van der Waals surface area contributed by atoms with E-state index < -0.39 is 23.8 Å². The first-order chi connectivity index (χ1) is 16.6. The normalized spacial score (nSPS) is 15.9. The second-order valence-electron chi connectivity index (χ2n) is 10.2. The number of hydrogen-bond acceptors (Lipinski definition) is 5. The van der Waals surface area contributed by atoms with Crippen molar-refractivity contribution in [1.82, 2.24) is 4.98 Å². The summed E-state index contributed by atoms with van der Waals surface area (Å²) < 4.78 is 18.9. The molecule has 0 saturated heterocycles. The van der Waals surface area contributed by atoms with Gasteiger partial charge in [0.25, 0.3) is 0 Å². The zero-order valence-electron chi connectivity index (χ0n) is 20.4. The highest BCUT2D eigenvalue weighted by molar-refractivity contribution is 5.99. The van der Waals surface area contributed by atoms with Gasteiger partial charge in [-0.1, -0.05) is 42.5 Å². The third kappa shape index (κ3) is 6.53. The van der Waals surface area contributed by atoms with E-state index in [4.69, 9.17) is 9.72 Å². The molecule has 0 radical (unpaired) electrons. The van der Waals surface area contributed by atoms with Gasteiger partial charge in [0, 0.05) is 28.9 Å². The first-order valence-electron chi connectivity index (χ1n) is 12.1. The Hall–Kier alpha value is -3.09. The maximum atomic E-state index is 13.7. The molecule has 2 atom stereocenters. The van der Waals surface area contributed by atoms with E-state index in [1.807, 2.05) is 30.3 Å². The van der Waals surface area contributed by atoms with Crippen molar-refractivity contribution in [3.63, 3.8) is 0 Å². The van der Waals surface area contributed by atoms with Crippen LogP contribution in [-0.4, -0.2) is 39.0 Å². The number of ether oxygens (including phenoxy) is 1. The minimum atomic E-state index is -1.03. The monoisotopic (exact) mass is 477 g/mol. The van der Waals surface area contributed by atoms with Crippen LogP contribution in [0.1, 0.15) is 63.6 Å². The van der Waals surface area contributed by atoms with E-state index in [9.17, 15) is 19.4 Å². The third-order valence-corrected chi connectivity index (χ3v) is 5.88. The van der Waals surface area contributed by atoms with Crippen LogP contribution in [-0.2, 0) is 9.53 Å². The van der Waals surface area contributed by atoms with Crippen LogP contribution >= 0.6 is 0 Å². The maximum Gasteiger partial charge on any atom is 0.308 e. The molecule has 1 aromatic heterocycles. The fourth-order valence-corrected chi connectivity index (χ4v) is 4.23. The summed E-state index contributed by atoms with van der Waals surface area (Å²) in [6.07, 6.45) is 3.39. The molecule has 0 unspecified atom stereocenters. The number of aromatic nitrogens is 1. The predicted molar refractivity (Wildman–Crippen MR) is 135 cm³/mol. The van der Waals surface area contributed by atoms with E-state index in [-0.39, 0.29) is 18.7 Å². The van der Waals surface area contributed by atoms with Crippen LogP contribution in [0.5, 0.6) is 0 Å². The lowest BCUT2D eigenvalue weighted by Gasteiger charge is -2.21. The highest BCUT2D eigenvalue weighted by Crippen LogP contribution is 2.45. The molecule has 1 heterocycles. The lowest BCUT2D eigenvalue weighted by atomic mass is 9.92. The molecule has 1 aliphatic rings. The summed E-state index contributed by atoms with van der Waals surface area (Å²) in [6, 6.07) is 14.3. The maximum absolute atomic E-state index is 13.7. The number of benzene rings is 2. The number of aliphatic hydroxyl groups excluding tert-OH is 2. The highest BCUT2D eigenvalue weighted by Gasteiger charge is 2.29. The van der Waals surface area contributed by atoms with Crippen molar-refractivity contribution in [3.05, 3.63) is 71.7 Å². The number of hydrogen-bond donors (Lipinski definition) is 2. The topological polar surface area (TPSA) is 79.7 Å². The average Bonchev–Trinajstić information content (AvgIpc) is 3.61. The Bertz CT molecular complexity index is 1230. The molecule has 1 saturated carbocycles. The van der Waals surface area contributed by atoms with Crippen LogP contribution in [0, 0.1) is 5.82 Å². The third-order valence-electron chi connectivity index (χ3n) is 5.88. The lowest BCUT2D eigenvalue weighted by molar-refractivity contribution is -0.157. The van der Waals surface area contributed by atoms with Crippen molar-refractivity contribution in [3.8, 4) is 11.1 Å². The number of nitrogens with zero attached hydrogens (tertiary/aromatic N) is 1. The van der Waals surface area contributed by atoms with Gasteiger partial charge in [-0.05, 0) is 57.4 Å². The molecule has 1 fully saturated rings. The summed E-state index contributed by atoms with van der Waals surface area (Å²) in [5, 5.41) is 21.9. The Balaban J connectivity index is 1.64. The Morgan fingerprint density at radius 1 is 1.14 bits per heavy atom. The largest absolute Gasteiger partial charge is 0.460 e. The first kappa shape index (κ1) is 25.0. The van der Waals surface area contributed by atoms with Gasteiger partial charge in [0.1, 0.15) is 11.4 Å². The minimum Gasteiger partial charge on any atom is -0.460 e. The summed E-state index contributed by atoms with van der Waals surface area (Å²) in [7, 11) is 0. The molecule has 1 aliphatic carbocycles. The van der Waals surface area contributed by atoms with Crippen molar-refractivity contribution < 1.29 is 24.1 Å². The van der Waals surface area contributed by atoms with Gasteiger partial charge in [0.05, 0.1) is 29.8 Å². The second-order valence-corrected chi connectivity index (χ2v) is 10.2. The Morgan fingerprint density at radius 3 is 2.49 bits per heavy atom. The van der Waals surface area contributed by atoms with Gasteiger partial charge >= 0.3 is 5.97 Å². The highest BCUT2D eigenvalue weighted by atomic mass is 19.1. The molecule has 0 spiro atoms. The van der Waals surface area contributed by atoms with Crippen LogP contribution in [0.4, 0.5) is 4.39 Å². The standard InChI is InChI=1S/C29H32FNO4/c1-29(2,3)35-26(34)17-22(33)16-21(32)14-15-24-27(18-10-12-20(30)13-11-18)23-6-4-5-7-25(23)31-28(24)19-8-9-19/h4-7,10-15,19,21-22,32-33H,8-9,16-17H2,1-3H3/b15-14+/t21-,22-/m1/s1. The van der Waals surface area contributed by atoms with E-state index in [0.29, 0.717) is 5.92 Å². The summed E-state index contributed by atoms with van der Waals surface area (Å²) in [5.41, 5.74) is 3.90. The zero-order valence-corrected chi connectivity index (χ0v) is 20.4. The fraction of sp³-hybridized carbons (Fsp3) is 0.379. The number of esters is 1. The Morgan fingerprint density at radius 2 is 1.83 bits per heavy atom. The molecule has 5 nitrogen and oxygen atoms in total. The molecule has 0 aliphatic heterocycles. The van der Waals surface area contributed by atoms with Gasteiger partial charge in [-0.15, -0.1) is 0 Å². The number of rotatable bonds is 8. The van der Waals surface area contributed by atoms with E-state index >= 15 is 0 Å². The van der Waals surface area contributed by atoms with Gasteiger partial charge < -0.3 is 14.9 Å². The van der Waals surface area contributed by atoms with Crippen LogP contribution < -0.4 is 0 Å². The molecule has 2 N–H and O–H groups in total. The molecule has 3 aromatic rings. The molecular formula is C29H32FNO4. The predicted octanol–water partition coefficient (Wildman–Crippen LogP) is 5.78. The number of fused-ring (bicyclic) bond motifs is 1. The summed E-state index contributed by atoms with van der Waals surface area (Å²) in [6.45, 7) is 5.30. The van der Waals surface area contributed by atoms with Crippen molar-refractivity contribution >= 4 is 22.9 Å². The second kappa shape index (κ2) is 10.3. The molecule has 184 valence electrons. The van der Waals surface area contributed by atoms with Crippen molar-refractivity contribution in [2.75, 3.05) is 0 Å². The van der Waals surface area contributed by atoms with E-state index in [0.717, 1.165) is 46.1 Å². The molecule has 2 aromatic carbocycles. The Labute approximate surface area is 205 Å². The molecular weight excluding hydrogens is 445 g/mol. The van der Waals surface area contributed by atoms with Gasteiger partial charge in [-0.2, -0.15) is 0 Å². The first-order valence-corrected chi connectivity index (χ1v) is 12.1. The van der Waals surface area contributed by atoms with Gasteiger partial charge in [0.2, 0.25) is 0 Å². The number of carbonyl (C=O) groups excluding carboxylic acids is 1. The van der Waals surface area contributed by atoms with E-state index in [1.54, 1.807) is 39.0 Å². The van der Waals surface area contributed by atoms with Crippen LogP contribution in [0.15, 0.2) is 54.6 Å². The van der Waals surface area contributed by atoms with Crippen molar-refractivity contribution in [2.24, 2.45) is 0 Å². The molecule has 0 bridgehead atoms. The average molecular weight is 478 g/mol. The van der Waals surface area contributed by atoms with Crippen molar-refractivity contribution in [2.45, 2.75) is 70.2 Å². The van der Waals surface area contributed by atoms with Crippen LogP contribution in [0.25, 0.3) is 28.1 Å². The zero-order chi connectivity index (χ0) is 25.2. The van der Waals surface area contributed by atoms with Gasteiger partial charge in [-0.25, -0.2) is 4.39 Å². The number of aliphatic hydroxyl groups is 2. The number of halogens is 1. The molecule has 0 amide bonds. The van der Waals surface area contributed by atoms with Crippen molar-refractivity contribution in [1.29, 1.82) is 0 Å². The van der Waals surface area contributed by atoms with E-state index in [1.165, 1.54) is 12.1 Å². The fourth-order valence-electron chi connectivity index (χ4n) is 4.23.